The quantitative estimate of drug-likeness (QED) is 0.812. The van der Waals surface area contributed by atoms with Gasteiger partial charge in [0.2, 0.25) is 11.7 Å². The zero-order valence-corrected chi connectivity index (χ0v) is 15.1. The van der Waals surface area contributed by atoms with Crippen molar-refractivity contribution in [1.29, 1.82) is 0 Å². The summed E-state index contributed by atoms with van der Waals surface area (Å²) in [5.41, 5.74) is 0.389. The molecule has 0 aliphatic carbocycles. The molecule has 1 aromatic rings. The van der Waals surface area contributed by atoms with Crippen molar-refractivity contribution in [3.63, 3.8) is 0 Å². The topological polar surface area (TPSA) is 77.1 Å². The number of likely N-dealkylation sites (tertiary alicyclic amines) is 1. The van der Waals surface area contributed by atoms with Crippen molar-refractivity contribution in [1.82, 2.24) is 10.2 Å². The fraction of sp³-hybridized carbons (Fsp3) is 0.556. The maximum Gasteiger partial charge on any atom is 0.251 e. The zero-order valence-electron chi connectivity index (χ0n) is 15.1. The highest BCUT2D eigenvalue weighted by molar-refractivity contribution is 5.95. The van der Waals surface area contributed by atoms with E-state index < -0.39 is 0 Å². The molecule has 0 saturated carbocycles. The first-order chi connectivity index (χ1) is 12.1. The summed E-state index contributed by atoms with van der Waals surface area (Å²) in [6.07, 6.45) is 3.60. The van der Waals surface area contributed by atoms with Gasteiger partial charge >= 0.3 is 0 Å². The lowest BCUT2D eigenvalue weighted by atomic mass is 10.1. The summed E-state index contributed by atoms with van der Waals surface area (Å²) < 4.78 is 15.7. The third-order valence-corrected chi connectivity index (χ3v) is 4.26. The van der Waals surface area contributed by atoms with Gasteiger partial charge in [-0.15, -0.1) is 0 Å². The Morgan fingerprint density at radius 2 is 1.60 bits per heavy atom. The van der Waals surface area contributed by atoms with Crippen molar-refractivity contribution < 1.29 is 23.8 Å². The summed E-state index contributed by atoms with van der Waals surface area (Å²) in [4.78, 5) is 26.3. The van der Waals surface area contributed by atoms with Crippen LogP contribution in [0, 0.1) is 0 Å². The monoisotopic (exact) mass is 350 g/mol. The summed E-state index contributed by atoms with van der Waals surface area (Å²) in [6.45, 7) is 1.93. The van der Waals surface area contributed by atoms with Gasteiger partial charge in [-0.05, 0) is 31.4 Å². The number of hydrogen-bond acceptors (Lipinski definition) is 5. The van der Waals surface area contributed by atoms with E-state index >= 15 is 0 Å². The fourth-order valence-corrected chi connectivity index (χ4v) is 2.90. The molecule has 7 heteroatoms. The Bertz CT molecular complexity index is 586. The SMILES string of the molecule is COc1cc(C(=O)NCCC(=O)N2CCCCC2)cc(OC)c1OC. The lowest BCUT2D eigenvalue weighted by molar-refractivity contribution is -0.131. The molecule has 25 heavy (non-hydrogen) atoms. The van der Waals surface area contributed by atoms with E-state index in [1.165, 1.54) is 27.8 Å². The molecule has 0 radical (unpaired) electrons. The molecule has 0 bridgehead atoms. The molecule has 2 amide bonds. The summed E-state index contributed by atoms with van der Waals surface area (Å²) in [7, 11) is 4.50. The maximum atomic E-state index is 12.4. The standard InChI is InChI=1S/C18H26N2O5/c1-23-14-11-13(12-15(24-2)17(14)25-3)18(22)19-8-7-16(21)20-9-5-4-6-10-20/h11-12H,4-10H2,1-3H3,(H,19,22). The van der Waals surface area contributed by atoms with Crippen LogP contribution in [-0.4, -0.2) is 57.7 Å². The first-order valence-electron chi connectivity index (χ1n) is 8.46. The van der Waals surface area contributed by atoms with Crippen LogP contribution in [0.15, 0.2) is 12.1 Å². The lowest BCUT2D eigenvalue weighted by Gasteiger charge is -2.26. The molecule has 7 nitrogen and oxygen atoms in total. The number of amides is 2. The van der Waals surface area contributed by atoms with E-state index in [0.717, 1.165) is 25.9 Å². The number of carbonyl (C=O) groups is 2. The molecule has 1 heterocycles. The average Bonchev–Trinajstić information content (AvgIpc) is 2.67. The molecule has 0 atom stereocenters. The van der Waals surface area contributed by atoms with Gasteiger partial charge in [-0.25, -0.2) is 0 Å². The predicted molar refractivity (Wildman–Crippen MR) is 93.5 cm³/mol. The molecule has 1 aliphatic rings. The number of piperidine rings is 1. The second kappa shape index (κ2) is 9.15. The van der Waals surface area contributed by atoms with Gasteiger partial charge in [0.25, 0.3) is 5.91 Å². The largest absolute Gasteiger partial charge is 0.493 e. The molecule has 1 aliphatic heterocycles. The Hall–Kier alpha value is -2.44. The van der Waals surface area contributed by atoms with E-state index in [4.69, 9.17) is 14.2 Å². The number of hydrogen-bond donors (Lipinski definition) is 1. The molecular formula is C18H26N2O5. The lowest BCUT2D eigenvalue weighted by Crippen LogP contribution is -2.37. The van der Waals surface area contributed by atoms with Gasteiger partial charge in [-0.2, -0.15) is 0 Å². The molecule has 1 saturated heterocycles. The number of ether oxygens (including phenoxy) is 3. The first-order valence-corrected chi connectivity index (χ1v) is 8.46. The van der Waals surface area contributed by atoms with Crippen LogP contribution in [0.3, 0.4) is 0 Å². The van der Waals surface area contributed by atoms with Crippen molar-refractivity contribution in [3.8, 4) is 17.2 Å². The molecule has 0 aromatic heterocycles. The second-order valence-corrected chi connectivity index (χ2v) is 5.86. The number of benzene rings is 1. The molecule has 1 aromatic carbocycles. The highest BCUT2D eigenvalue weighted by atomic mass is 16.5. The smallest absolute Gasteiger partial charge is 0.251 e. The van der Waals surface area contributed by atoms with E-state index in [-0.39, 0.29) is 11.8 Å². The Kier molecular flexibility index (Phi) is 6.91. The normalized spacial score (nSPS) is 14.0. The number of carbonyl (C=O) groups excluding carboxylic acids is 2. The Morgan fingerprint density at radius 3 is 2.12 bits per heavy atom. The van der Waals surface area contributed by atoms with Gasteiger partial charge in [-0.1, -0.05) is 0 Å². The number of nitrogens with zero attached hydrogens (tertiary/aromatic N) is 1. The van der Waals surface area contributed by atoms with Crippen LogP contribution < -0.4 is 19.5 Å². The fourth-order valence-electron chi connectivity index (χ4n) is 2.90. The van der Waals surface area contributed by atoms with E-state index in [1.54, 1.807) is 12.1 Å². The third-order valence-electron chi connectivity index (χ3n) is 4.26. The predicted octanol–water partition coefficient (Wildman–Crippen LogP) is 1.84. The molecule has 1 N–H and O–H groups in total. The van der Waals surface area contributed by atoms with E-state index in [9.17, 15) is 9.59 Å². The molecule has 2 rings (SSSR count). The second-order valence-electron chi connectivity index (χ2n) is 5.86. The molecular weight excluding hydrogens is 324 g/mol. The number of rotatable bonds is 7. The zero-order chi connectivity index (χ0) is 18.2. The van der Waals surface area contributed by atoms with Crippen LogP contribution in [0.5, 0.6) is 17.2 Å². The minimum absolute atomic E-state index is 0.0879. The number of nitrogens with one attached hydrogen (secondary N) is 1. The van der Waals surface area contributed by atoms with E-state index in [0.29, 0.717) is 35.8 Å². The van der Waals surface area contributed by atoms with Gasteiger partial charge in [0, 0.05) is 31.6 Å². The minimum atomic E-state index is -0.286. The highest BCUT2D eigenvalue weighted by Gasteiger charge is 2.18. The Labute approximate surface area is 148 Å². The van der Waals surface area contributed by atoms with Crippen molar-refractivity contribution in [3.05, 3.63) is 17.7 Å². The maximum absolute atomic E-state index is 12.4. The van der Waals surface area contributed by atoms with Crippen LogP contribution in [-0.2, 0) is 4.79 Å². The van der Waals surface area contributed by atoms with Crippen molar-refractivity contribution in [2.45, 2.75) is 25.7 Å². The van der Waals surface area contributed by atoms with Gasteiger partial charge in [0.05, 0.1) is 21.3 Å². The van der Waals surface area contributed by atoms with Gasteiger partial charge in [0.15, 0.2) is 11.5 Å². The van der Waals surface area contributed by atoms with E-state index in [1.807, 2.05) is 4.90 Å². The van der Waals surface area contributed by atoms with Gasteiger partial charge in [-0.3, -0.25) is 9.59 Å². The first kappa shape index (κ1) is 18.9. The van der Waals surface area contributed by atoms with Crippen molar-refractivity contribution >= 4 is 11.8 Å². The number of methoxy groups -OCH3 is 3. The summed E-state index contributed by atoms with van der Waals surface area (Å²) >= 11 is 0. The van der Waals surface area contributed by atoms with E-state index in [2.05, 4.69) is 5.32 Å². The summed E-state index contributed by atoms with van der Waals surface area (Å²) in [5, 5.41) is 2.77. The molecule has 1 fully saturated rings. The highest BCUT2D eigenvalue weighted by Crippen LogP contribution is 2.38. The van der Waals surface area contributed by atoms with Crippen LogP contribution >= 0.6 is 0 Å². The minimum Gasteiger partial charge on any atom is -0.493 e. The Morgan fingerprint density at radius 1 is 1.00 bits per heavy atom. The Balaban J connectivity index is 1.95. The van der Waals surface area contributed by atoms with Crippen LogP contribution in [0.25, 0.3) is 0 Å². The molecule has 0 spiro atoms. The van der Waals surface area contributed by atoms with Crippen LogP contribution in [0.2, 0.25) is 0 Å². The summed E-state index contributed by atoms with van der Waals surface area (Å²) in [6, 6.07) is 3.17. The van der Waals surface area contributed by atoms with Gasteiger partial charge in [0.1, 0.15) is 0 Å². The van der Waals surface area contributed by atoms with Crippen molar-refractivity contribution in [2.75, 3.05) is 41.0 Å². The third kappa shape index (κ3) is 4.78. The molecule has 0 unspecified atom stereocenters. The van der Waals surface area contributed by atoms with Crippen LogP contribution in [0.1, 0.15) is 36.0 Å². The average molecular weight is 350 g/mol. The molecule has 138 valence electrons. The van der Waals surface area contributed by atoms with Crippen LogP contribution in [0.4, 0.5) is 0 Å². The van der Waals surface area contributed by atoms with Gasteiger partial charge < -0.3 is 24.4 Å². The van der Waals surface area contributed by atoms with Crippen molar-refractivity contribution in [2.24, 2.45) is 0 Å². The summed E-state index contributed by atoms with van der Waals surface area (Å²) in [5.74, 6) is 1.06.